The van der Waals surface area contributed by atoms with Gasteiger partial charge in [0.15, 0.2) is 0 Å². The molecule has 0 aliphatic rings. The molecule has 0 bridgehead atoms. The van der Waals surface area contributed by atoms with Crippen molar-refractivity contribution in [1.82, 2.24) is 24.1 Å². The van der Waals surface area contributed by atoms with Gasteiger partial charge in [0, 0.05) is 54.8 Å². The number of nitrogens with zero attached hydrogens (tertiary/aromatic N) is 5. The summed E-state index contributed by atoms with van der Waals surface area (Å²) in [4.78, 5) is 0. The topological polar surface area (TPSA) is 53.7 Å². The monoisotopic (exact) mass is 717 g/mol. The van der Waals surface area contributed by atoms with E-state index in [-0.39, 0.29) is 0 Å². The summed E-state index contributed by atoms with van der Waals surface area (Å²) in [5.74, 6) is 0. The molecule has 4 aromatic heterocycles. The fraction of sp³-hybridized carbons (Fsp3) is 0. The maximum absolute atomic E-state index is 6.34. The van der Waals surface area contributed by atoms with Gasteiger partial charge in [0.1, 0.15) is 22.6 Å². The van der Waals surface area contributed by atoms with Gasteiger partial charge in [0.2, 0.25) is 0 Å². The van der Waals surface area contributed by atoms with Gasteiger partial charge in [-0.25, -0.2) is 4.68 Å². The molecular formula is C50H31N5O. The predicted molar refractivity (Wildman–Crippen MR) is 228 cm³/mol. The molecule has 0 fully saturated rings. The van der Waals surface area contributed by atoms with E-state index in [9.17, 15) is 0 Å². The molecule has 0 amide bonds. The van der Waals surface area contributed by atoms with E-state index >= 15 is 0 Å². The van der Waals surface area contributed by atoms with E-state index < -0.39 is 0 Å². The van der Waals surface area contributed by atoms with Crippen molar-refractivity contribution < 1.29 is 4.42 Å². The molecule has 0 aliphatic heterocycles. The van der Waals surface area contributed by atoms with Crippen LogP contribution >= 0.6 is 0 Å². The third-order valence-corrected chi connectivity index (χ3v) is 11.2. The molecule has 6 nitrogen and oxygen atoms in total. The van der Waals surface area contributed by atoms with Crippen LogP contribution in [-0.2, 0) is 0 Å². The number of benzene rings is 8. The largest absolute Gasteiger partial charge is 0.456 e. The third kappa shape index (κ3) is 4.44. The molecule has 0 aliphatic carbocycles. The van der Waals surface area contributed by atoms with Crippen molar-refractivity contribution >= 4 is 65.6 Å². The first-order valence-corrected chi connectivity index (χ1v) is 18.8. The Bertz CT molecular complexity index is 3420. The van der Waals surface area contributed by atoms with Gasteiger partial charge in [-0.3, -0.25) is 0 Å². The second-order valence-electron chi connectivity index (χ2n) is 14.3. The van der Waals surface area contributed by atoms with Crippen LogP contribution in [0.25, 0.3) is 105 Å². The van der Waals surface area contributed by atoms with Crippen LogP contribution in [0.5, 0.6) is 0 Å². The second-order valence-corrected chi connectivity index (χ2v) is 14.3. The maximum atomic E-state index is 6.34. The van der Waals surface area contributed by atoms with E-state index in [0.29, 0.717) is 0 Å². The Morgan fingerprint density at radius 2 is 0.982 bits per heavy atom. The van der Waals surface area contributed by atoms with Crippen molar-refractivity contribution in [1.29, 1.82) is 0 Å². The van der Waals surface area contributed by atoms with Crippen molar-refractivity contribution in [3.8, 4) is 39.6 Å². The van der Waals surface area contributed by atoms with Gasteiger partial charge in [0.25, 0.3) is 0 Å². The lowest BCUT2D eigenvalue weighted by molar-refractivity contribution is 0.669. The molecule has 6 heteroatoms. The molecule has 0 atom stereocenters. The smallest absolute Gasteiger partial charge is 0.136 e. The molecule has 0 unspecified atom stereocenters. The molecule has 56 heavy (non-hydrogen) atoms. The van der Waals surface area contributed by atoms with Crippen molar-refractivity contribution in [2.24, 2.45) is 0 Å². The quantitative estimate of drug-likeness (QED) is 0.178. The summed E-state index contributed by atoms with van der Waals surface area (Å²) in [7, 11) is 0. The lowest BCUT2D eigenvalue weighted by Gasteiger charge is -2.13. The summed E-state index contributed by atoms with van der Waals surface area (Å²) in [6.45, 7) is 0. The number of hydrogen-bond acceptors (Lipinski definition) is 3. The fourth-order valence-electron chi connectivity index (χ4n) is 8.80. The first-order chi connectivity index (χ1) is 27.8. The minimum Gasteiger partial charge on any atom is -0.456 e. The molecule has 12 aromatic rings. The highest BCUT2D eigenvalue weighted by atomic mass is 16.3. The summed E-state index contributed by atoms with van der Waals surface area (Å²) in [6.07, 6.45) is 0. The molecule has 8 aromatic carbocycles. The number of furan rings is 1. The number of para-hydroxylation sites is 4. The maximum Gasteiger partial charge on any atom is 0.136 e. The van der Waals surface area contributed by atoms with Gasteiger partial charge in [-0.1, -0.05) is 120 Å². The minimum atomic E-state index is 0.845. The highest BCUT2D eigenvalue weighted by Gasteiger charge is 2.22. The Balaban J connectivity index is 1.07. The van der Waals surface area contributed by atoms with Crippen LogP contribution in [-0.4, -0.2) is 24.1 Å². The van der Waals surface area contributed by atoms with Crippen molar-refractivity contribution in [3.63, 3.8) is 0 Å². The highest BCUT2D eigenvalue weighted by Crippen LogP contribution is 2.42. The van der Waals surface area contributed by atoms with Crippen molar-refractivity contribution in [2.75, 3.05) is 0 Å². The fourth-order valence-corrected chi connectivity index (χ4v) is 8.80. The van der Waals surface area contributed by atoms with Crippen LogP contribution in [0.3, 0.4) is 0 Å². The van der Waals surface area contributed by atoms with E-state index in [0.717, 1.165) is 89.0 Å². The number of aromatic nitrogens is 5. The summed E-state index contributed by atoms with van der Waals surface area (Å²) < 4.78 is 13.1. The van der Waals surface area contributed by atoms with Crippen LogP contribution in [0.1, 0.15) is 0 Å². The van der Waals surface area contributed by atoms with Crippen LogP contribution in [0.2, 0.25) is 0 Å². The van der Waals surface area contributed by atoms with Crippen LogP contribution < -0.4 is 0 Å². The van der Waals surface area contributed by atoms with Gasteiger partial charge in [0.05, 0.1) is 27.8 Å². The summed E-state index contributed by atoms with van der Waals surface area (Å²) in [6, 6.07) is 66.2. The molecule has 4 heterocycles. The van der Waals surface area contributed by atoms with Gasteiger partial charge in [-0.2, -0.15) is 0 Å². The Morgan fingerprint density at radius 3 is 1.79 bits per heavy atom. The second kappa shape index (κ2) is 11.9. The molecule has 0 spiro atoms. The normalized spacial score (nSPS) is 11.9. The summed E-state index contributed by atoms with van der Waals surface area (Å²) >= 11 is 0. The van der Waals surface area contributed by atoms with Crippen molar-refractivity contribution in [2.45, 2.75) is 0 Å². The summed E-state index contributed by atoms with van der Waals surface area (Å²) in [5.41, 5.74) is 13.4. The van der Waals surface area contributed by atoms with E-state index in [1.165, 1.54) is 16.2 Å². The van der Waals surface area contributed by atoms with Crippen LogP contribution in [0, 0.1) is 0 Å². The molecule has 0 saturated carbocycles. The zero-order valence-corrected chi connectivity index (χ0v) is 30.0. The standard InChI is InChI=1S/C50H31N5O/c1-3-14-32(15-4-1)49-50(55(52-51-49)34-16-5-2-6-17-34)33-26-27-43-40(30-33)37-20-7-10-23-41(37)53(43)35-18-13-19-36(31-35)54-42-24-11-8-21-38(42)47-44(54)28-29-46-48(47)39-22-9-12-25-45(39)56-46/h1-31H. The molecule has 0 saturated heterocycles. The zero-order valence-electron chi connectivity index (χ0n) is 30.0. The zero-order chi connectivity index (χ0) is 36.7. The molecule has 0 radical (unpaired) electrons. The Kier molecular flexibility index (Phi) is 6.53. The Hall–Kier alpha value is -7.70. The molecule has 262 valence electrons. The Labute approximate surface area is 320 Å². The van der Waals surface area contributed by atoms with Gasteiger partial charge in [-0.05, 0) is 72.8 Å². The van der Waals surface area contributed by atoms with Gasteiger partial charge < -0.3 is 13.6 Å². The van der Waals surface area contributed by atoms with E-state index in [1.807, 2.05) is 47.1 Å². The Morgan fingerprint density at radius 1 is 0.375 bits per heavy atom. The number of fused-ring (bicyclic) bond motifs is 10. The first kappa shape index (κ1) is 30.7. The van der Waals surface area contributed by atoms with E-state index in [4.69, 9.17) is 14.7 Å². The number of rotatable bonds is 5. The third-order valence-electron chi connectivity index (χ3n) is 11.2. The minimum absolute atomic E-state index is 0.845. The average molecular weight is 718 g/mol. The van der Waals surface area contributed by atoms with Crippen LogP contribution in [0.15, 0.2) is 192 Å². The molecule has 12 rings (SSSR count). The predicted octanol–water partition coefficient (Wildman–Crippen LogP) is 12.7. The van der Waals surface area contributed by atoms with Gasteiger partial charge in [-0.15, -0.1) is 5.10 Å². The number of hydrogen-bond donors (Lipinski definition) is 0. The van der Waals surface area contributed by atoms with Crippen LogP contribution in [0.4, 0.5) is 0 Å². The highest BCUT2D eigenvalue weighted by molar-refractivity contribution is 6.27. The van der Waals surface area contributed by atoms with Gasteiger partial charge >= 0.3 is 0 Å². The van der Waals surface area contributed by atoms with E-state index in [2.05, 4.69) is 155 Å². The van der Waals surface area contributed by atoms with E-state index in [1.54, 1.807) is 0 Å². The first-order valence-electron chi connectivity index (χ1n) is 18.8. The lowest BCUT2D eigenvalue weighted by atomic mass is 10.0. The van der Waals surface area contributed by atoms with Crippen molar-refractivity contribution in [3.05, 3.63) is 188 Å². The molecule has 0 N–H and O–H groups in total. The average Bonchev–Trinajstić information content (AvgIpc) is 4.03. The molecular weight excluding hydrogens is 687 g/mol. The SMILES string of the molecule is c1ccc(-c2nnn(-c3ccccc3)c2-c2ccc3c(c2)c2ccccc2n3-c2cccc(-n3c4ccccc4c4c5c(ccc43)oc3ccccc35)c2)cc1. The summed E-state index contributed by atoms with van der Waals surface area (Å²) in [5, 5.41) is 16.5. The lowest BCUT2D eigenvalue weighted by Crippen LogP contribution is -2.00.